The van der Waals surface area contributed by atoms with Gasteiger partial charge in [0.1, 0.15) is 0 Å². The molecule has 1 saturated heterocycles. The second kappa shape index (κ2) is 8.36. The number of nitrogens with one attached hydrogen (secondary N) is 1. The summed E-state index contributed by atoms with van der Waals surface area (Å²) < 4.78 is 5.45. The molecule has 8 nitrogen and oxygen atoms in total. The fraction of sp³-hybridized carbons (Fsp3) is 0.273. The number of hydrogen-bond donors (Lipinski definition) is 2. The van der Waals surface area contributed by atoms with Crippen LogP contribution in [-0.2, 0) is 4.79 Å². The van der Waals surface area contributed by atoms with E-state index >= 15 is 0 Å². The first-order valence-corrected chi connectivity index (χ1v) is 9.86. The largest absolute Gasteiger partial charge is 0.421 e. The zero-order valence-electron chi connectivity index (χ0n) is 16.7. The number of anilines is 2. The van der Waals surface area contributed by atoms with Crippen LogP contribution in [0.5, 0.6) is 0 Å². The van der Waals surface area contributed by atoms with Crippen LogP contribution in [0.25, 0.3) is 11.5 Å². The van der Waals surface area contributed by atoms with Crippen molar-refractivity contribution in [2.24, 2.45) is 11.7 Å². The Labute approximate surface area is 174 Å². The van der Waals surface area contributed by atoms with Crippen LogP contribution < -0.4 is 16.0 Å². The van der Waals surface area contributed by atoms with Crippen molar-refractivity contribution in [3.05, 3.63) is 60.0 Å². The average molecular weight is 405 g/mol. The molecule has 2 aromatic carbocycles. The molecular weight excluding hydrogens is 382 g/mol. The molecule has 0 spiro atoms. The van der Waals surface area contributed by atoms with Crippen LogP contribution in [0.15, 0.2) is 52.9 Å². The molecule has 0 saturated carbocycles. The third kappa shape index (κ3) is 4.17. The van der Waals surface area contributed by atoms with Gasteiger partial charge in [-0.2, -0.15) is 0 Å². The maximum absolute atomic E-state index is 12.9. The van der Waals surface area contributed by atoms with Gasteiger partial charge in [-0.05, 0) is 43.2 Å². The molecule has 1 aliphatic heterocycles. The first-order valence-electron chi connectivity index (χ1n) is 9.86. The Bertz CT molecular complexity index is 1070. The minimum Gasteiger partial charge on any atom is -0.421 e. The molecule has 154 valence electrons. The van der Waals surface area contributed by atoms with Crippen molar-refractivity contribution in [3.63, 3.8) is 0 Å². The van der Waals surface area contributed by atoms with E-state index in [-0.39, 0.29) is 17.7 Å². The van der Waals surface area contributed by atoms with E-state index in [1.54, 1.807) is 25.1 Å². The van der Waals surface area contributed by atoms with Gasteiger partial charge in [-0.25, -0.2) is 0 Å². The van der Waals surface area contributed by atoms with Gasteiger partial charge in [-0.15, -0.1) is 10.2 Å². The number of rotatable bonds is 5. The standard InChI is InChI=1S/C22H23N5O3/c1-14-25-26-22(30-14)17-6-4-5-16(13-17)21(29)24-18-7-2-3-8-19(18)27-11-9-15(10-12-27)20(23)28/h2-8,13,15H,9-12H2,1H3,(H2,23,28)(H,24,29). The summed E-state index contributed by atoms with van der Waals surface area (Å²) in [6.07, 6.45) is 1.42. The molecule has 4 rings (SSSR count). The highest BCUT2D eigenvalue weighted by Gasteiger charge is 2.24. The lowest BCUT2D eigenvalue weighted by Crippen LogP contribution is -2.38. The quantitative estimate of drug-likeness (QED) is 0.674. The van der Waals surface area contributed by atoms with Gasteiger partial charge < -0.3 is 20.4 Å². The summed E-state index contributed by atoms with van der Waals surface area (Å²) in [4.78, 5) is 26.5. The fourth-order valence-corrected chi connectivity index (χ4v) is 3.66. The number of nitrogens with zero attached hydrogens (tertiary/aromatic N) is 3. The van der Waals surface area contributed by atoms with E-state index in [1.807, 2.05) is 30.3 Å². The third-order valence-electron chi connectivity index (χ3n) is 5.29. The lowest BCUT2D eigenvalue weighted by atomic mass is 9.96. The van der Waals surface area contributed by atoms with Crippen LogP contribution in [0.2, 0.25) is 0 Å². The van der Waals surface area contributed by atoms with Crippen molar-refractivity contribution < 1.29 is 14.0 Å². The Balaban J connectivity index is 1.51. The second-order valence-electron chi connectivity index (χ2n) is 7.34. The molecule has 2 heterocycles. The van der Waals surface area contributed by atoms with Gasteiger partial charge in [-0.1, -0.05) is 18.2 Å². The van der Waals surface area contributed by atoms with Crippen molar-refractivity contribution in [2.45, 2.75) is 19.8 Å². The zero-order valence-corrected chi connectivity index (χ0v) is 16.7. The van der Waals surface area contributed by atoms with Gasteiger partial charge in [0, 0.05) is 37.1 Å². The van der Waals surface area contributed by atoms with Crippen LogP contribution in [0.1, 0.15) is 29.1 Å². The van der Waals surface area contributed by atoms with E-state index in [0.29, 0.717) is 48.8 Å². The van der Waals surface area contributed by atoms with Gasteiger partial charge in [-0.3, -0.25) is 9.59 Å². The van der Waals surface area contributed by atoms with Crippen LogP contribution in [0.3, 0.4) is 0 Å². The maximum atomic E-state index is 12.9. The van der Waals surface area contributed by atoms with Crippen molar-refractivity contribution in [2.75, 3.05) is 23.3 Å². The van der Waals surface area contributed by atoms with Crippen molar-refractivity contribution in [3.8, 4) is 11.5 Å². The molecule has 0 radical (unpaired) electrons. The minimum absolute atomic E-state index is 0.0842. The monoisotopic (exact) mass is 405 g/mol. The predicted molar refractivity (Wildman–Crippen MR) is 113 cm³/mol. The molecule has 0 atom stereocenters. The number of primary amides is 1. The highest BCUT2D eigenvalue weighted by Crippen LogP contribution is 2.30. The van der Waals surface area contributed by atoms with E-state index < -0.39 is 0 Å². The first-order chi connectivity index (χ1) is 14.5. The van der Waals surface area contributed by atoms with E-state index in [4.69, 9.17) is 10.2 Å². The highest BCUT2D eigenvalue weighted by atomic mass is 16.4. The normalized spacial score (nSPS) is 14.5. The SMILES string of the molecule is Cc1nnc(-c2cccc(C(=O)Nc3ccccc3N3CCC(C(N)=O)CC3)c2)o1. The molecule has 2 amide bonds. The minimum atomic E-state index is -0.243. The number of nitrogens with two attached hydrogens (primary N) is 1. The number of para-hydroxylation sites is 2. The van der Waals surface area contributed by atoms with Gasteiger partial charge in [0.05, 0.1) is 11.4 Å². The summed E-state index contributed by atoms with van der Waals surface area (Å²) in [5.41, 5.74) is 8.26. The highest BCUT2D eigenvalue weighted by molar-refractivity contribution is 6.06. The van der Waals surface area contributed by atoms with Crippen molar-refractivity contribution in [1.82, 2.24) is 10.2 Å². The number of aryl methyl sites for hydroxylation is 1. The van der Waals surface area contributed by atoms with Crippen LogP contribution >= 0.6 is 0 Å². The van der Waals surface area contributed by atoms with Gasteiger partial charge >= 0.3 is 0 Å². The number of amides is 2. The van der Waals surface area contributed by atoms with Gasteiger partial charge in [0.25, 0.3) is 5.91 Å². The second-order valence-corrected chi connectivity index (χ2v) is 7.34. The molecule has 8 heteroatoms. The summed E-state index contributed by atoms with van der Waals surface area (Å²) in [5, 5.41) is 10.8. The lowest BCUT2D eigenvalue weighted by molar-refractivity contribution is -0.122. The smallest absolute Gasteiger partial charge is 0.255 e. The number of carbonyl (C=O) groups is 2. The average Bonchev–Trinajstić information content (AvgIpc) is 3.21. The van der Waals surface area contributed by atoms with Crippen molar-refractivity contribution >= 4 is 23.2 Å². The summed E-state index contributed by atoms with van der Waals surface area (Å²) in [6, 6.07) is 14.7. The first kappa shape index (κ1) is 19.6. The number of benzene rings is 2. The molecule has 3 N–H and O–H groups in total. The molecule has 1 aromatic heterocycles. The van der Waals surface area contributed by atoms with Gasteiger partial charge in [0.2, 0.25) is 17.7 Å². The molecule has 1 aliphatic rings. The molecule has 0 unspecified atom stereocenters. The molecule has 3 aromatic rings. The zero-order chi connectivity index (χ0) is 21.1. The Morgan fingerprint density at radius 3 is 2.57 bits per heavy atom. The topological polar surface area (TPSA) is 114 Å². The van der Waals surface area contributed by atoms with E-state index in [1.165, 1.54) is 0 Å². The maximum Gasteiger partial charge on any atom is 0.255 e. The van der Waals surface area contributed by atoms with Gasteiger partial charge in [0.15, 0.2) is 0 Å². The molecule has 0 aliphatic carbocycles. The summed E-state index contributed by atoms with van der Waals surface area (Å²) in [7, 11) is 0. The molecule has 1 fully saturated rings. The van der Waals surface area contributed by atoms with E-state index in [0.717, 1.165) is 11.4 Å². The summed E-state index contributed by atoms with van der Waals surface area (Å²) in [6.45, 7) is 3.15. The van der Waals surface area contributed by atoms with Crippen LogP contribution in [0.4, 0.5) is 11.4 Å². The Morgan fingerprint density at radius 2 is 1.87 bits per heavy atom. The number of hydrogen-bond acceptors (Lipinski definition) is 6. The fourth-order valence-electron chi connectivity index (χ4n) is 3.66. The van der Waals surface area contributed by atoms with Crippen LogP contribution in [-0.4, -0.2) is 35.1 Å². The number of carbonyl (C=O) groups excluding carboxylic acids is 2. The van der Waals surface area contributed by atoms with Crippen LogP contribution in [0, 0.1) is 12.8 Å². The Kier molecular flexibility index (Phi) is 5.47. The molecule has 0 bridgehead atoms. The van der Waals surface area contributed by atoms with Crippen molar-refractivity contribution in [1.29, 1.82) is 0 Å². The molecule has 30 heavy (non-hydrogen) atoms. The predicted octanol–water partition coefficient (Wildman–Crippen LogP) is 3.00. The van der Waals surface area contributed by atoms with E-state index in [2.05, 4.69) is 20.4 Å². The summed E-state index contributed by atoms with van der Waals surface area (Å²) >= 11 is 0. The van der Waals surface area contributed by atoms with E-state index in [9.17, 15) is 9.59 Å². The molecular formula is C22H23N5O3. The number of aromatic nitrogens is 2. The Hall–Kier alpha value is -3.68. The third-order valence-corrected chi connectivity index (χ3v) is 5.29. The Morgan fingerprint density at radius 1 is 1.10 bits per heavy atom. The lowest BCUT2D eigenvalue weighted by Gasteiger charge is -2.33. The number of piperidine rings is 1. The summed E-state index contributed by atoms with van der Waals surface area (Å²) in [5.74, 6) is 0.285.